The van der Waals surface area contributed by atoms with Gasteiger partial charge in [0.15, 0.2) is 4.90 Å². The van der Waals surface area contributed by atoms with Crippen molar-refractivity contribution in [2.24, 2.45) is 0 Å². The number of nitrogens with zero attached hydrogens (tertiary/aromatic N) is 1. The van der Waals surface area contributed by atoms with Crippen molar-refractivity contribution >= 4 is 30.0 Å². The summed E-state index contributed by atoms with van der Waals surface area (Å²) in [5, 5.41) is 22.4. The molecule has 0 bridgehead atoms. The number of aliphatic hydroxyl groups excluding tert-OH is 1. The molecule has 2 N–H and O–H groups in total. The fraction of sp³-hybridized carbons (Fsp3) is 0.480. The van der Waals surface area contributed by atoms with E-state index in [1.807, 2.05) is 0 Å². The Hall–Kier alpha value is -2.80. The zero-order valence-corrected chi connectivity index (χ0v) is 24.3. The Bertz CT molecular complexity index is 1230. The molecule has 10 nitrogen and oxygen atoms in total. The molecule has 0 spiro atoms. The molecule has 2 rings (SSSR count). The topological polar surface area (TPSA) is 145 Å². The summed E-state index contributed by atoms with van der Waals surface area (Å²) < 4.78 is 40.0. The van der Waals surface area contributed by atoms with Gasteiger partial charge in [-0.2, -0.15) is 4.72 Å². The van der Waals surface area contributed by atoms with Gasteiger partial charge >= 0.3 is 5.97 Å². The number of ether oxygens (including phenoxy) is 1. The molecule has 0 aliphatic carbocycles. The zero-order chi connectivity index (χ0) is 28.4. The van der Waals surface area contributed by atoms with Gasteiger partial charge in [-0.1, -0.05) is 45.0 Å². The van der Waals surface area contributed by atoms with Crippen LogP contribution in [0.3, 0.4) is 0 Å². The highest BCUT2D eigenvalue weighted by Gasteiger charge is 2.40. The molecule has 0 saturated heterocycles. The van der Waals surface area contributed by atoms with Crippen molar-refractivity contribution in [1.29, 1.82) is 0 Å². The molecule has 0 heterocycles. The number of esters is 1. The number of carbonyl (C=O) groups is 1. The third-order valence-electron chi connectivity index (χ3n) is 6.01. The Kier molecular flexibility index (Phi) is 8.96. The minimum absolute atomic E-state index is 0.0364. The second-order valence-corrected chi connectivity index (χ2v) is 17.6. The summed E-state index contributed by atoms with van der Waals surface area (Å²) in [5.74, 6) is -0.458. The van der Waals surface area contributed by atoms with E-state index in [1.165, 1.54) is 24.3 Å². The van der Waals surface area contributed by atoms with Crippen molar-refractivity contribution in [3.05, 3.63) is 64.2 Å². The van der Waals surface area contributed by atoms with Crippen molar-refractivity contribution in [1.82, 2.24) is 4.72 Å². The van der Waals surface area contributed by atoms with E-state index in [-0.39, 0.29) is 10.6 Å². The first-order chi connectivity index (χ1) is 16.7. The van der Waals surface area contributed by atoms with E-state index in [0.717, 1.165) is 12.1 Å². The van der Waals surface area contributed by atoms with E-state index >= 15 is 0 Å². The van der Waals surface area contributed by atoms with E-state index in [2.05, 4.69) is 38.6 Å². The maximum absolute atomic E-state index is 13.1. The maximum atomic E-state index is 13.1. The van der Waals surface area contributed by atoms with Crippen LogP contribution in [0.1, 0.15) is 53.2 Å². The second-order valence-electron chi connectivity index (χ2n) is 11.2. The van der Waals surface area contributed by atoms with Crippen LogP contribution >= 0.6 is 0 Å². The lowest BCUT2D eigenvalue weighted by Crippen LogP contribution is -2.47. The van der Waals surface area contributed by atoms with Gasteiger partial charge in [0.25, 0.3) is 5.69 Å². The number of aliphatic hydroxyl groups is 1. The Labute approximate surface area is 219 Å². The highest BCUT2D eigenvalue weighted by atomic mass is 32.2. The third-order valence-corrected chi connectivity index (χ3v) is 11.9. The average Bonchev–Trinajstić information content (AvgIpc) is 2.75. The fourth-order valence-electron chi connectivity index (χ4n) is 3.05. The summed E-state index contributed by atoms with van der Waals surface area (Å²) >= 11 is 0. The van der Waals surface area contributed by atoms with Crippen LogP contribution in [0.15, 0.2) is 53.4 Å². The molecule has 204 valence electrons. The number of nitro benzene ring substituents is 1. The van der Waals surface area contributed by atoms with Crippen LogP contribution in [0.4, 0.5) is 5.69 Å². The van der Waals surface area contributed by atoms with E-state index < -0.39 is 57.6 Å². The van der Waals surface area contributed by atoms with E-state index in [9.17, 15) is 28.4 Å². The molecular formula is C25H36N2O8SSi. The summed E-state index contributed by atoms with van der Waals surface area (Å²) in [6, 6.07) is 9.29. The zero-order valence-electron chi connectivity index (χ0n) is 22.4. The maximum Gasteiger partial charge on any atom is 0.327 e. The summed E-state index contributed by atoms with van der Waals surface area (Å²) in [6.07, 6.45) is -1.66. The summed E-state index contributed by atoms with van der Waals surface area (Å²) in [7, 11) is -6.73. The van der Waals surface area contributed by atoms with Gasteiger partial charge in [0, 0.05) is 6.07 Å². The van der Waals surface area contributed by atoms with E-state index in [4.69, 9.17) is 9.16 Å². The number of nitrogens with one attached hydrogen (secondary N) is 1. The van der Waals surface area contributed by atoms with Crippen molar-refractivity contribution in [3.63, 3.8) is 0 Å². The molecule has 2 atom stereocenters. The molecular weight excluding hydrogens is 516 g/mol. The lowest BCUT2D eigenvalue weighted by atomic mass is 10.0. The molecule has 0 fully saturated rings. The SMILES string of the molecule is CC(C)(C)OC(=O)[C@@H](NS(=O)(=O)c1ccccc1[N+](=O)[O-])C(O)c1ccc(O[Si](C)(C)C(C)(C)C)cc1. The Morgan fingerprint density at radius 3 is 2.05 bits per heavy atom. The molecule has 2 aromatic carbocycles. The first kappa shape index (κ1) is 30.4. The van der Waals surface area contributed by atoms with Crippen LogP contribution in [-0.4, -0.2) is 44.4 Å². The van der Waals surface area contributed by atoms with Gasteiger partial charge in [-0.3, -0.25) is 14.9 Å². The lowest BCUT2D eigenvalue weighted by Gasteiger charge is -2.36. The minimum atomic E-state index is -4.61. The Morgan fingerprint density at radius 1 is 1.03 bits per heavy atom. The van der Waals surface area contributed by atoms with Gasteiger partial charge in [-0.05, 0) is 62.7 Å². The molecule has 0 saturated carbocycles. The number of benzene rings is 2. The van der Waals surface area contributed by atoms with Crippen LogP contribution in [0.2, 0.25) is 18.1 Å². The van der Waals surface area contributed by atoms with E-state index in [0.29, 0.717) is 5.75 Å². The van der Waals surface area contributed by atoms with Gasteiger partial charge in [0.1, 0.15) is 23.5 Å². The predicted octanol–water partition coefficient (Wildman–Crippen LogP) is 4.70. The number of carbonyl (C=O) groups excluding carboxylic acids is 1. The monoisotopic (exact) mass is 552 g/mol. The molecule has 0 radical (unpaired) electrons. The van der Waals surface area contributed by atoms with Crippen LogP contribution in [0, 0.1) is 10.1 Å². The number of para-hydroxylation sites is 1. The Morgan fingerprint density at radius 2 is 1.57 bits per heavy atom. The average molecular weight is 553 g/mol. The quantitative estimate of drug-likeness (QED) is 0.197. The van der Waals surface area contributed by atoms with Crippen molar-refractivity contribution < 1.29 is 32.4 Å². The fourth-order valence-corrected chi connectivity index (χ4v) is 5.44. The van der Waals surface area contributed by atoms with E-state index in [1.54, 1.807) is 32.9 Å². The van der Waals surface area contributed by atoms with Gasteiger partial charge in [0.2, 0.25) is 18.3 Å². The first-order valence-electron chi connectivity index (χ1n) is 11.7. The molecule has 12 heteroatoms. The second kappa shape index (κ2) is 10.9. The molecule has 1 unspecified atom stereocenters. The van der Waals surface area contributed by atoms with Crippen molar-refractivity contribution in [3.8, 4) is 5.75 Å². The van der Waals surface area contributed by atoms with Gasteiger partial charge in [0.05, 0.1) is 4.92 Å². The molecule has 0 aliphatic heterocycles. The highest BCUT2D eigenvalue weighted by Crippen LogP contribution is 2.37. The standard InChI is InChI=1S/C25H36N2O8SSi/c1-24(2,3)34-23(29)21(26-36(32,33)20-12-10-9-11-19(20)27(30)31)22(28)17-13-15-18(16-14-17)35-37(7,8)25(4,5)6/h9-16,21-22,26,28H,1-8H3/t21-,22?/m0/s1. The normalized spacial score (nSPS) is 14.5. The third kappa shape index (κ3) is 7.84. The van der Waals surface area contributed by atoms with Crippen molar-refractivity contribution in [2.75, 3.05) is 0 Å². The number of nitro groups is 1. The lowest BCUT2D eigenvalue weighted by molar-refractivity contribution is -0.387. The molecule has 0 aromatic heterocycles. The van der Waals surface area contributed by atoms with Crippen LogP contribution in [0.5, 0.6) is 5.75 Å². The molecule has 0 aliphatic rings. The number of sulfonamides is 1. The number of rotatable bonds is 9. The minimum Gasteiger partial charge on any atom is -0.544 e. The summed E-state index contributed by atoms with van der Waals surface area (Å²) in [4.78, 5) is 22.9. The molecule has 0 amide bonds. The molecule has 2 aromatic rings. The Balaban J connectivity index is 2.43. The number of hydrogen-bond acceptors (Lipinski definition) is 8. The number of hydrogen-bond donors (Lipinski definition) is 2. The van der Waals surface area contributed by atoms with Crippen LogP contribution in [-0.2, 0) is 19.6 Å². The predicted molar refractivity (Wildman–Crippen MR) is 142 cm³/mol. The smallest absolute Gasteiger partial charge is 0.327 e. The summed E-state index contributed by atoms with van der Waals surface area (Å²) in [5.41, 5.74) is -1.43. The van der Waals surface area contributed by atoms with Crippen molar-refractivity contribution in [2.45, 2.75) is 82.3 Å². The largest absolute Gasteiger partial charge is 0.544 e. The first-order valence-corrected chi connectivity index (χ1v) is 16.1. The van der Waals surface area contributed by atoms with Gasteiger partial charge < -0.3 is 14.3 Å². The highest BCUT2D eigenvalue weighted by molar-refractivity contribution is 7.89. The van der Waals surface area contributed by atoms with Gasteiger partial charge in [-0.25, -0.2) is 8.42 Å². The summed E-state index contributed by atoms with van der Waals surface area (Å²) in [6.45, 7) is 15.3. The van der Waals surface area contributed by atoms with Gasteiger partial charge in [-0.15, -0.1) is 0 Å². The molecule has 37 heavy (non-hydrogen) atoms. The van der Waals surface area contributed by atoms with Crippen LogP contribution < -0.4 is 9.15 Å². The van der Waals surface area contributed by atoms with Crippen LogP contribution in [0.25, 0.3) is 0 Å².